The zero-order chi connectivity index (χ0) is 15.2. The van der Waals surface area contributed by atoms with Crippen molar-refractivity contribution in [3.05, 3.63) is 73.3 Å². The van der Waals surface area contributed by atoms with Crippen LogP contribution >= 0.6 is 22.6 Å². The average Bonchev–Trinajstić information content (AvgIpc) is 2.47. The van der Waals surface area contributed by atoms with Crippen LogP contribution in [0.5, 0.6) is 0 Å². The quantitative estimate of drug-likeness (QED) is 0.278. The Labute approximate surface area is 136 Å². The van der Waals surface area contributed by atoms with E-state index in [1.807, 2.05) is 52.9 Å². The van der Waals surface area contributed by atoms with Gasteiger partial charge in [0.15, 0.2) is 0 Å². The van der Waals surface area contributed by atoms with Crippen LogP contribution in [0.25, 0.3) is 0 Å². The molecule has 0 amide bonds. The molecule has 2 aromatic carbocycles. The van der Waals surface area contributed by atoms with E-state index in [0.717, 1.165) is 9.99 Å². The summed E-state index contributed by atoms with van der Waals surface area (Å²) in [4.78, 5) is 14.7. The lowest BCUT2D eigenvalue weighted by Crippen LogP contribution is -2.15. The molecule has 6 heteroatoms. The van der Waals surface area contributed by atoms with Gasteiger partial charge in [-0.15, -0.1) is 0 Å². The van der Waals surface area contributed by atoms with Gasteiger partial charge in [0.2, 0.25) is 0 Å². The molecule has 0 spiro atoms. The smallest absolute Gasteiger partial charge is 0.271 e. The number of nitrogens with two attached hydrogens (primary N) is 1. The summed E-state index contributed by atoms with van der Waals surface area (Å²) in [7, 11) is 0. The fourth-order valence-electron chi connectivity index (χ4n) is 1.87. The standard InChI is InChI=1S/C15H14IN3O2/c16-13-8-12(9-14(10-13)19(20)21)15(17)18-7-6-11-4-2-1-3-5-11/h1-5,8-10H,6-7H2,(H2,17,18). The van der Waals surface area contributed by atoms with E-state index in [1.54, 1.807) is 6.07 Å². The molecule has 0 saturated heterocycles. The van der Waals surface area contributed by atoms with Crippen LogP contribution in [0.1, 0.15) is 11.1 Å². The van der Waals surface area contributed by atoms with Crippen molar-refractivity contribution in [3.63, 3.8) is 0 Å². The van der Waals surface area contributed by atoms with E-state index >= 15 is 0 Å². The number of hydrogen-bond acceptors (Lipinski definition) is 3. The molecular weight excluding hydrogens is 381 g/mol. The molecule has 0 heterocycles. The maximum absolute atomic E-state index is 10.8. The molecule has 0 fully saturated rings. The van der Waals surface area contributed by atoms with E-state index in [4.69, 9.17) is 5.73 Å². The van der Waals surface area contributed by atoms with Crippen molar-refractivity contribution >= 4 is 34.1 Å². The van der Waals surface area contributed by atoms with Crippen LogP contribution in [0, 0.1) is 13.7 Å². The van der Waals surface area contributed by atoms with E-state index in [-0.39, 0.29) is 5.69 Å². The summed E-state index contributed by atoms with van der Waals surface area (Å²) in [6, 6.07) is 14.7. The van der Waals surface area contributed by atoms with Gasteiger partial charge in [0.25, 0.3) is 5.69 Å². The molecule has 0 atom stereocenters. The molecule has 0 aliphatic carbocycles. The van der Waals surface area contributed by atoms with Crippen molar-refractivity contribution < 1.29 is 4.92 Å². The highest BCUT2D eigenvalue weighted by Gasteiger charge is 2.10. The number of amidine groups is 1. The summed E-state index contributed by atoms with van der Waals surface area (Å²) in [5.41, 5.74) is 7.72. The molecule has 0 aliphatic heterocycles. The number of halogens is 1. The minimum atomic E-state index is -0.428. The molecule has 0 aromatic heterocycles. The van der Waals surface area contributed by atoms with Crippen LogP contribution in [0.3, 0.4) is 0 Å². The number of nitro benzene ring substituents is 1. The van der Waals surface area contributed by atoms with E-state index in [0.29, 0.717) is 17.9 Å². The fraction of sp³-hybridized carbons (Fsp3) is 0.133. The number of non-ortho nitro benzene ring substituents is 1. The lowest BCUT2D eigenvalue weighted by Gasteiger charge is -2.03. The minimum Gasteiger partial charge on any atom is -0.384 e. The van der Waals surface area contributed by atoms with Gasteiger partial charge in [-0.3, -0.25) is 15.1 Å². The SMILES string of the molecule is NC(=NCCc1ccccc1)c1cc(I)cc([N+](=O)[O-])c1. The summed E-state index contributed by atoms with van der Waals surface area (Å²) in [5, 5.41) is 10.8. The molecule has 2 N–H and O–H groups in total. The number of rotatable bonds is 5. The highest BCUT2D eigenvalue weighted by molar-refractivity contribution is 14.1. The summed E-state index contributed by atoms with van der Waals surface area (Å²) >= 11 is 2.03. The second kappa shape index (κ2) is 7.16. The highest BCUT2D eigenvalue weighted by Crippen LogP contribution is 2.18. The van der Waals surface area contributed by atoms with Crippen LogP contribution < -0.4 is 5.73 Å². The molecular formula is C15H14IN3O2. The summed E-state index contributed by atoms with van der Waals surface area (Å²) < 4.78 is 0.762. The van der Waals surface area contributed by atoms with Gasteiger partial charge < -0.3 is 5.73 Å². The van der Waals surface area contributed by atoms with Crippen LogP contribution in [-0.4, -0.2) is 17.3 Å². The normalized spacial score (nSPS) is 11.4. The van der Waals surface area contributed by atoms with Gasteiger partial charge in [-0.1, -0.05) is 30.3 Å². The molecule has 0 saturated carbocycles. The van der Waals surface area contributed by atoms with Gasteiger partial charge in [-0.2, -0.15) is 0 Å². The van der Waals surface area contributed by atoms with Gasteiger partial charge in [0.1, 0.15) is 5.84 Å². The van der Waals surface area contributed by atoms with Crippen molar-refractivity contribution in [3.8, 4) is 0 Å². The third kappa shape index (κ3) is 4.52. The average molecular weight is 395 g/mol. The minimum absolute atomic E-state index is 0.0260. The lowest BCUT2D eigenvalue weighted by atomic mass is 10.1. The second-order valence-corrected chi connectivity index (χ2v) is 5.70. The van der Waals surface area contributed by atoms with Crippen LogP contribution in [0.15, 0.2) is 53.5 Å². The largest absolute Gasteiger partial charge is 0.384 e. The van der Waals surface area contributed by atoms with Crippen molar-refractivity contribution in [1.29, 1.82) is 0 Å². The van der Waals surface area contributed by atoms with Gasteiger partial charge in [0.05, 0.1) is 4.92 Å². The molecule has 2 rings (SSSR count). The Bertz CT molecular complexity index is 672. The highest BCUT2D eigenvalue weighted by atomic mass is 127. The summed E-state index contributed by atoms with van der Waals surface area (Å²) in [5.74, 6) is 0.326. The maximum Gasteiger partial charge on any atom is 0.271 e. The van der Waals surface area contributed by atoms with Crippen LogP contribution in [0.2, 0.25) is 0 Å². The number of hydrogen-bond donors (Lipinski definition) is 1. The second-order valence-electron chi connectivity index (χ2n) is 4.46. The van der Waals surface area contributed by atoms with Gasteiger partial charge in [-0.05, 0) is 40.6 Å². The monoisotopic (exact) mass is 395 g/mol. The van der Waals surface area contributed by atoms with E-state index in [1.165, 1.54) is 17.7 Å². The lowest BCUT2D eigenvalue weighted by molar-refractivity contribution is -0.385. The molecule has 0 bridgehead atoms. The molecule has 0 aliphatic rings. The van der Waals surface area contributed by atoms with Crippen molar-refractivity contribution in [2.24, 2.45) is 10.7 Å². The predicted octanol–water partition coefficient (Wildman–Crippen LogP) is 3.15. The first-order valence-electron chi connectivity index (χ1n) is 6.35. The van der Waals surface area contributed by atoms with Crippen molar-refractivity contribution in [1.82, 2.24) is 0 Å². The first-order valence-corrected chi connectivity index (χ1v) is 7.43. The van der Waals surface area contributed by atoms with E-state index < -0.39 is 4.92 Å². The topological polar surface area (TPSA) is 81.5 Å². The zero-order valence-electron chi connectivity index (χ0n) is 11.2. The van der Waals surface area contributed by atoms with Gasteiger partial charge >= 0.3 is 0 Å². The fourth-order valence-corrected chi connectivity index (χ4v) is 2.52. The number of benzene rings is 2. The van der Waals surface area contributed by atoms with Gasteiger partial charge in [0, 0.05) is 27.8 Å². The van der Waals surface area contributed by atoms with Gasteiger partial charge in [-0.25, -0.2) is 0 Å². The van der Waals surface area contributed by atoms with Crippen LogP contribution in [-0.2, 0) is 6.42 Å². The first kappa shape index (κ1) is 15.4. The summed E-state index contributed by atoms with van der Waals surface area (Å²) in [6.45, 7) is 0.551. The third-order valence-corrected chi connectivity index (χ3v) is 3.54. The molecule has 2 aromatic rings. The Morgan fingerprint density at radius 2 is 1.95 bits per heavy atom. The Kier molecular flexibility index (Phi) is 5.26. The first-order chi connectivity index (χ1) is 10.1. The Balaban J connectivity index is 2.10. The van der Waals surface area contributed by atoms with E-state index in [9.17, 15) is 10.1 Å². The summed E-state index contributed by atoms with van der Waals surface area (Å²) in [6.07, 6.45) is 0.785. The third-order valence-electron chi connectivity index (χ3n) is 2.91. The zero-order valence-corrected chi connectivity index (χ0v) is 13.4. The number of aliphatic imine (C=N–C) groups is 1. The molecule has 0 radical (unpaired) electrons. The van der Waals surface area contributed by atoms with Crippen molar-refractivity contribution in [2.75, 3.05) is 6.54 Å². The van der Waals surface area contributed by atoms with Crippen LogP contribution in [0.4, 0.5) is 5.69 Å². The number of nitro groups is 1. The Hall–Kier alpha value is -1.96. The Morgan fingerprint density at radius 1 is 1.24 bits per heavy atom. The molecule has 5 nitrogen and oxygen atoms in total. The number of nitrogens with zero attached hydrogens (tertiary/aromatic N) is 2. The van der Waals surface area contributed by atoms with E-state index in [2.05, 4.69) is 4.99 Å². The molecule has 0 unspecified atom stereocenters. The predicted molar refractivity (Wildman–Crippen MR) is 91.6 cm³/mol. The van der Waals surface area contributed by atoms with Crippen molar-refractivity contribution in [2.45, 2.75) is 6.42 Å². The Morgan fingerprint density at radius 3 is 2.62 bits per heavy atom. The molecule has 108 valence electrons. The molecule has 21 heavy (non-hydrogen) atoms. The maximum atomic E-state index is 10.8.